The zero-order chi connectivity index (χ0) is 14.6. The van der Waals surface area contributed by atoms with Gasteiger partial charge in [0.2, 0.25) is 10.0 Å². The third-order valence-electron chi connectivity index (χ3n) is 3.36. The van der Waals surface area contributed by atoms with Gasteiger partial charge in [-0.05, 0) is 37.9 Å². The van der Waals surface area contributed by atoms with Crippen LogP contribution in [0.2, 0.25) is 0 Å². The van der Waals surface area contributed by atoms with Crippen LogP contribution in [0.1, 0.15) is 12.8 Å². The summed E-state index contributed by atoms with van der Waals surface area (Å²) in [6.45, 7) is 2.15. The van der Waals surface area contributed by atoms with Crippen molar-refractivity contribution in [2.75, 3.05) is 19.6 Å². The first-order chi connectivity index (χ1) is 9.50. The quantitative estimate of drug-likeness (QED) is 0.599. The molecular weight excluding hydrogens is 282 g/mol. The van der Waals surface area contributed by atoms with Crippen molar-refractivity contribution < 1.29 is 13.3 Å². The van der Waals surface area contributed by atoms with E-state index in [1.54, 1.807) is 0 Å². The predicted molar refractivity (Wildman–Crippen MR) is 73.9 cm³/mol. The molecule has 1 aliphatic heterocycles. The molecule has 0 saturated carbocycles. The Morgan fingerprint density at radius 1 is 1.40 bits per heavy atom. The van der Waals surface area contributed by atoms with Gasteiger partial charge in [-0.25, -0.2) is 13.1 Å². The number of para-hydroxylation sites is 1. The fourth-order valence-corrected chi connectivity index (χ4v) is 3.49. The van der Waals surface area contributed by atoms with Crippen LogP contribution in [-0.2, 0) is 10.0 Å². The molecule has 1 unspecified atom stereocenters. The second-order valence-electron chi connectivity index (χ2n) is 4.77. The number of nitro benzene ring substituents is 1. The van der Waals surface area contributed by atoms with E-state index in [9.17, 15) is 18.5 Å². The highest BCUT2D eigenvalue weighted by Gasteiger charge is 2.25. The number of hydrogen-bond donors (Lipinski definition) is 2. The van der Waals surface area contributed by atoms with Crippen molar-refractivity contribution in [3.8, 4) is 0 Å². The summed E-state index contributed by atoms with van der Waals surface area (Å²) in [7, 11) is -3.84. The van der Waals surface area contributed by atoms with E-state index in [-0.39, 0.29) is 4.90 Å². The molecule has 7 nitrogen and oxygen atoms in total. The summed E-state index contributed by atoms with van der Waals surface area (Å²) < 4.78 is 26.6. The van der Waals surface area contributed by atoms with E-state index in [2.05, 4.69) is 10.0 Å². The van der Waals surface area contributed by atoms with Gasteiger partial charge in [0.25, 0.3) is 5.69 Å². The molecule has 110 valence electrons. The van der Waals surface area contributed by atoms with E-state index in [0.29, 0.717) is 12.5 Å². The van der Waals surface area contributed by atoms with Crippen LogP contribution >= 0.6 is 0 Å². The van der Waals surface area contributed by atoms with Crippen molar-refractivity contribution in [2.24, 2.45) is 5.92 Å². The summed E-state index contributed by atoms with van der Waals surface area (Å²) in [5, 5.41) is 14.1. The molecule has 0 aliphatic carbocycles. The Hall–Kier alpha value is -1.51. The smallest absolute Gasteiger partial charge is 0.289 e. The summed E-state index contributed by atoms with van der Waals surface area (Å²) in [6, 6.07) is 5.36. The molecule has 0 bridgehead atoms. The van der Waals surface area contributed by atoms with Crippen LogP contribution in [0.15, 0.2) is 29.2 Å². The van der Waals surface area contributed by atoms with Crippen LogP contribution in [0.25, 0.3) is 0 Å². The van der Waals surface area contributed by atoms with Crippen molar-refractivity contribution in [2.45, 2.75) is 17.7 Å². The van der Waals surface area contributed by atoms with E-state index in [1.165, 1.54) is 24.3 Å². The van der Waals surface area contributed by atoms with Crippen LogP contribution in [0.5, 0.6) is 0 Å². The molecule has 1 aromatic rings. The molecule has 2 rings (SSSR count). The topological polar surface area (TPSA) is 101 Å². The van der Waals surface area contributed by atoms with Gasteiger partial charge >= 0.3 is 0 Å². The molecule has 1 fully saturated rings. The third-order valence-corrected chi connectivity index (χ3v) is 4.87. The van der Waals surface area contributed by atoms with Crippen LogP contribution in [0, 0.1) is 16.0 Å². The van der Waals surface area contributed by atoms with E-state index < -0.39 is 20.6 Å². The molecule has 1 aliphatic rings. The average Bonchev–Trinajstić information content (AvgIpc) is 2.91. The zero-order valence-corrected chi connectivity index (χ0v) is 11.7. The Morgan fingerprint density at radius 2 is 2.15 bits per heavy atom. The van der Waals surface area contributed by atoms with Crippen LogP contribution in [0.4, 0.5) is 5.69 Å². The first-order valence-electron chi connectivity index (χ1n) is 6.44. The normalized spacial score (nSPS) is 19.1. The van der Waals surface area contributed by atoms with Gasteiger partial charge in [0, 0.05) is 12.6 Å². The predicted octanol–water partition coefficient (Wildman–Crippen LogP) is 0.873. The summed E-state index contributed by atoms with van der Waals surface area (Å²) in [4.78, 5) is 9.89. The van der Waals surface area contributed by atoms with Crippen molar-refractivity contribution in [3.63, 3.8) is 0 Å². The molecule has 0 spiro atoms. The molecule has 1 aromatic carbocycles. The minimum absolute atomic E-state index is 0.283. The fourth-order valence-electron chi connectivity index (χ4n) is 2.27. The Kier molecular flexibility index (Phi) is 4.69. The highest BCUT2D eigenvalue weighted by atomic mass is 32.2. The van der Waals surface area contributed by atoms with Gasteiger partial charge in [-0.15, -0.1) is 0 Å². The average molecular weight is 299 g/mol. The monoisotopic (exact) mass is 299 g/mol. The summed E-state index contributed by atoms with van der Waals surface area (Å²) in [6.07, 6.45) is 1.76. The van der Waals surface area contributed by atoms with Gasteiger partial charge in [-0.2, -0.15) is 0 Å². The third kappa shape index (κ3) is 3.53. The first kappa shape index (κ1) is 14.9. The van der Waals surface area contributed by atoms with Crippen molar-refractivity contribution in [1.29, 1.82) is 0 Å². The van der Waals surface area contributed by atoms with Gasteiger partial charge in [0.1, 0.15) is 0 Å². The van der Waals surface area contributed by atoms with E-state index in [1.807, 2.05) is 0 Å². The maximum Gasteiger partial charge on any atom is 0.289 e. The maximum absolute atomic E-state index is 12.1. The highest BCUT2D eigenvalue weighted by molar-refractivity contribution is 7.89. The number of nitrogens with one attached hydrogen (secondary N) is 2. The number of sulfonamides is 1. The van der Waals surface area contributed by atoms with Crippen LogP contribution < -0.4 is 10.0 Å². The molecule has 0 radical (unpaired) electrons. The molecule has 1 saturated heterocycles. The minimum atomic E-state index is -3.84. The Morgan fingerprint density at radius 3 is 2.80 bits per heavy atom. The van der Waals surface area contributed by atoms with Gasteiger partial charge < -0.3 is 5.32 Å². The molecule has 0 amide bonds. The lowest BCUT2D eigenvalue weighted by molar-refractivity contribution is -0.387. The molecule has 8 heteroatoms. The maximum atomic E-state index is 12.1. The van der Waals surface area contributed by atoms with Crippen LogP contribution in [0.3, 0.4) is 0 Å². The molecule has 0 aromatic heterocycles. The molecule has 2 N–H and O–H groups in total. The molecule has 1 atom stereocenters. The Balaban J connectivity index is 2.04. The van der Waals surface area contributed by atoms with Gasteiger partial charge in [-0.3, -0.25) is 10.1 Å². The summed E-state index contributed by atoms with van der Waals surface area (Å²) >= 11 is 0. The minimum Gasteiger partial charge on any atom is -0.316 e. The summed E-state index contributed by atoms with van der Waals surface area (Å²) in [5.41, 5.74) is -0.400. The lowest BCUT2D eigenvalue weighted by atomic mass is 10.1. The summed E-state index contributed by atoms with van der Waals surface area (Å²) in [5.74, 6) is 0.462. The van der Waals surface area contributed by atoms with Crippen molar-refractivity contribution >= 4 is 15.7 Å². The SMILES string of the molecule is O=[N+]([O-])c1ccccc1S(=O)(=O)NCCC1CCNC1. The van der Waals surface area contributed by atoms with Crippen molar-refractivity contribution in [3.05, 3.63) is 34.4 Å². The molecule has 20 heavy (non-hydrogen) atoms. The second kappa shape index (κ2) is 6.29. The van der Waals surface area contributed by atoms with Gasteiger partial charge in [0.05, 0.1) is 4.92 Å². The Bertz CT molecular complexity index is 582. The molecular formula is C12H17N3O4S. The number of nitrogens with zero attached hydrogens (tertiary/aromatic N) is 1. The van der Waals surface area contributed by atoms with Crippen LogP contribution in [-0.4, -0.2) is 33.0 Å². The zero-order valence-electron chi connectivity index (χ0n) is 10.9. The lowest BCUT2D eigenvalue weighted by Gasteiger charge is -2.10. The largest absolute Gasteiger partial charge is 0.316 e. The van der Waals surface area contributed by atoms with E-state index >= 15 is 0 Å². The van der Waals surface area contributed by atoms with Gasteiger partial charge in [-0.1, -0.05) is 12.1 Å². The number of nitro groups is 1. The molecule has 1 heterocycles. The number of rotatable bonds is 6. The Labute approximate surface area is 117 Å². The van der Waals surface area contributed by atoms with E-state index in [0.717, 1.165) is 25.9 Å². The van der Waals surface area contributed by atoms with Crippen molar-refractivity contribution in [1.82, 2.24) is 10.0 Å². The number of hydrogen-bond acceptors (Lipinski definition) is 5. The standard InChI is InChI=1S/C12H17N3O4S/c16-15(17)11-3-1-2-4-12(11)20(18,19)14-8-6-10-5-7-13-9-10/h1-4,10,13-14H,5-9H2. The lowest BCUT2D eigenvalue weighted by Crippen LogP contribution is -2.27. The highest BCUT2D eigenvalue weighted by Crippen LogP contribution is 2.22. The number of benzene rings is 1. The fraction of sp³-hybridized carbons (Fsp3) is 0.500. The first-order valence-corrected chi connectivity index (χ1v) is 7.93. The second-order valence-corrected chi connectivity index (χ2v) is 6.51. The van der Waals surface area contributed by atoms with Gasteiger partial charge in [0.15, 0.2) is 4.90 Å². The van der Waals surface area contributed by atoms with E-state index in [4.69, 9.17) is 0 Å².